The van der Waals surface area contributed by atoms with Crippen molar-refractivity contribution in [2.24, 2.45) is 5.73 Å². The van der Waals surface area contributed by atoms with Crippen LogP contribution in [0.1, 0.15) is 39.4 Å². The Kier molecular flexibility index (Phi) is 2.40. The van der Waals surface area contributed by atoms with Crippen LogP contribution in [0.15, 0.2) is 10.2 Å². The van der Waals surface area contributed by atoms with Gasteiger partial charge in [-0.3, -0.25) is 0 Å². The fourth-order valence-electron chi connectivity index (χ4n) is 0.793. The van der Waals surface area contributed by atoms with Gasteiger partial charge in [-0.1, -0.05) is 25.9 Å². The number of hydrogen-bond acceptors (Lipinski definition) is 4. The molecular weight excluding hydrogens is 166 g/mol. The molecule has 0 amide bonds. The number of rotatable bonds is 1. The van der Waals surface area contributed by atoms with Crippen LogP contribution in [-0.2, 0) is 5.41 Å². The molecule has 0 unspecified atom stereocenters. The summed E-state index contributed by atoms with van der Waals surface area (Å²) in [5.41, 5.74) is 6.05. The van der Waals surface area contributed by atoms with Gasteiger partial charge in [-0.25, -0.2) is 0 Å². The summed E-state index contributed by atoms with van der Waals surface area (Å²) >= 11 is 0. The summed E-state index contributed by atoms with van der Waals surface area (Å²) < 4.78 is 4.98. The minimum atomic E-state index is -0.0852. The zero-order valence-corrected chi connectivity index (χ0v) is 8.46. The van der Waals surface area contributed by atoms with Crippen molar-refractivity contribution in [2.45, 2.75) is 33.1 Å². The Morgan fingerprint density at radius 2 is 2.08 bits per heavy atom. The number of allylic oxidation sites excluding steroid dienone is 1. The van der Waals surface area contributed by atoms with Gasteiger partial charge in [0.05, 0.1) is 0 Å². The van der Waals surface area contributed by atoms with E-state index in [2.05, 4.69) is 10.1 Å². The summed E-state index contributed by atoms with van der Waals surface area (Å²) in [6, 6.07) is 0. The Bertz CT molecular complexity index is 316. The number of aromatic nitrogens is 2. The largest absolute Gasteiger partial charge is 0.402 e. The Morgan fingerprint density at radius 1 is 1.46 bits per heavy atom. The predicted molar refractivity (Wildman–Crippen MR) is 50.8 cm³/mol. The molecule has 4 nitrogen and oxygen atoms in total. The van der Waals surface area contributed by atoms with E-state index >= 15 is 0 Å². The molecule has 0 aliphatic heterocycles. The fraction of sp³-hybridized carbons (Fsp3) is 0.556. The van der Waals surface area contributed by atoms with Gasteiger partial charge in [0.1, 0.15) is 0 Å². The molecule has 2 N–H and O–H groups in total. The Morgan fingerprint density at radius 3 is 2.46 bits per heavy atom. The standard InChI is InChI=1S/C9H15N3O/c1-6(10)5-7-11-8(12-13-7)9(2,3)4/h5H,10H2,1-4H3. The molecule has 0 aromatic carbocycles. The van der Waals surface area contributed by atoms with Gasteiger partial charge in [0.15, 0.2) is 5.82 Å². The lowest BCUT2D eigenvalue weighted by Crippen LogP contribution is -2.13. The minimum Gasteiger partial charge on any atom is -0.402 e. The van der Waals surface area contributed by atoms with E-state index in [0.717, 1.165) is 0 Å². The van der Waals surface area contributed by atoms with Crippen molar-refractivity contribution in [1.82, 2.24) is 10.1 Å². The second kappa shape index (κ2) is 3.20. The van der Waals surface area contributed by atoms with Crippen molar-refractivity contribution in [1.29, 1.82) is 0 Å². The number of nitrogens with two attached hydrogens (primary N) is 1. The van der Waals surface area contributed by atoms with Crippen LogP contribution in [0.3, 0.4) is 0 Å². The van der Waals surface area contributed by atoms with Gasteiger partial charge in [-0.2, -0.15) is 4.98 Å². The summed E-state index contributed by atoms with van der Waals surface area (Å²) in [5, 5.41) is 3.85. The van der Waals surface area contributed by atoms with Crippen molar-refractivity contribution in [2.75, 3.05) is 0 Å². The van der Waals surface area contributed by atoms with Crippen LogP contribution in [-0.4, -0.2) is 10.1 Å². The van der Waals surface area contributed by atoms with Gasteiger partial charge in [0.2, 0.25) is 0 Å². The van der Waals surface area contributed by atoms with Gasteiger partial charge < -0.3 is 10.3 Å². The van der Waals surface area contributed by atoms with Crippen LogP contribution in [0.4, 0.5) is 0 Å². The Balaban J connectivity index is 2.94. The average molecular weight is 181 g/mol. The Hall–Kier alpha value is -1.32. The van der Waals surface area contributed by atoms with Gasteiger partial charge in [0, 0.05) is 17.2 Å². The first-order valence-corrected chi connectivity index (χ1v) is 4.17. The van der Waals surface area contributed by atoms with Crippen molar-refractivity contribution in [3.8, 4) is 0 Å². The van der Waals surface area contributed by atoms with Crippen molar-refractivity contribution < 1.29 is 4.52 Å². The highest BCUT2D eigenvalue weighted by molar-refractivity contribution is 5.40. The highest BCUT2D eigenvalue weighted by Crippen LogP contribution is 2.18. The smallest absolute Gasteiger partial charge is 0.252 e. The van der Waals surface area contributed by atoms with Crippen molar-refractivity contribution >= 4 is 6.08 Å². The molecule has 0 bridgehead atoms. The maximum atomic E-state index is 5.48. The maximum absolute atomic E-state index is 5.48. The molecule has 0 fully saturated rings. The average Bonchev–Trinajstić information content (AvgIpc) is 2.32. The third-order valence-corrected chi connectivity index (χ3v) is 1.46. The molecule has 0 saturated heterocycles. The van der Waals surface area contributed by atoms with Gasteiger partial charge in [-0.05, 0) is 6.92 Å². The number of hydrogen-bond donors (Lipinski definition) is 1. The van der Waals surface area contributed by atoms with E-state index < -0.39 is 0 Å². The van der Waals surface area contributed by atoms with E-state index in [1.807, 2.05) is 20.8 Å². The molecule has 0 atom stereocenters. The predicted octanol–water partition coefficient (Wildman–Crippen LogP) is 1.69. The molecule has 1 heterocycles. The molecule has 72 valence electrons. The first-order chi connectivity index (χ1) is 5.89. The first kappa shape index (κ1) is 9.77. The zero-order chi connectivity index (χ0) is 10.1. The zero-order valence-electron chi connectivity index (χ0n) is 8.46. The quantitative estimate of drug-likeness (QED) is 0.716. The van der Waals surface area contributed by atoms with E-state index in [0.29, 0.717) is 17.4 Å². The molecule has 0 radical (unpaired) electrons. The fourth-order valence-corrected chi connectivity index (χ4v) is 0.793. The molecule has 1 aromatic rings. The van der Waals surface area contributed by atoms with Gasteiger partial charge >= 0.3 is 0 Å². The third kappa shape index (κ3) is 2.57. The molecule has 4 heteroatoms. The molecule has 0 aliphatic rings. The van der Waals surface area contributed by atoms with E-state index in [-0.39, 0.29) is 5.41 Å². The summed E-state index contributed by atoms with van der Waals surface area (Å²) in [6.45, 7) is 7.86. The summed E-state index contributed by atoms with van der Waals surface area (Å²) in [5.74, 6) is 1.16. The van der Waals surface area contributed by atoms with E-state index in [9.17, 15) is 0 Å². The normalized spacial score (nSPS) is 13.4. The molecule has 1 aromatic heterocycles. The van der Waals surface area contributed by atoms with Crippen LogP contribution in [0.5, 0.6) is 0 Å². The molecule has 1 rings (SSSR count). The van der Waals surface area contributed by atoms with Gasteiger partial charge in [0.25, 0.3) is 5.89 Å². The summed E-state index contributed by atoms with van der Waals surface area (Å²) in [7, 11) is 0. The lowest BCUT2D eigenvalue weighted by Gasteiger charge is -2.10. The monoisotopic (exact) mass is 181 g/mol. The van der Waals surface area contributed by atoms with E-state index in [1.165, 1.54) is 0 Å². The van der Waals surface area contributed by atoms with E-state index in [4.69, 9.17) is 10.3 Å². The Labute approximate surface area is 77.8 Å². The first-order valence-electron chi connectivity index (χ1n) is 4.17. The van der Waals surface area contributed by atoms with Crippen molar-refractivity contribution in [3.05, 3.63) is 17.4 Å². The molecule has 13 heavy (non-hydrogen) atoms. The summed E-state index contributed by atoms with van der Waals surface area (Å²) in [4.78, 5) is 4.19. The van der Waals surface area contributed by atoms with E-state index in [1.54, 1.807) is 13.0 Å². The minimum absolute atomic E-state index is 0.0852. The molecule has 0 saturated carbocycles. The van der Waals surface area contributed by atoms with Crippen LogP contribution < -0.4 is 5.73 Å². The lowest BCUT2D eigenvalue weighted by atomic mass is 9.96. The topological polar surface area (TPSA) is 64.9 Å². The molecule has 0 aliphatic carbocycles. The van der Waals surface area contributed by atoms with Gasteiger partial charge in [-0.15, -0.1) is 0 Å². The second-order valence-electron chi connectivity index (χ2n) is 4.09. The SMILES string of the molecule is CC(N)=Cc1nc(C(C)(C)C)no1. The summed E-state index contributed by atoms with van der Waals surface area (Å²) in [6.07, 6.45) is 1.66. The second-order valence-corrected chi connectivity index (χ2v) is 4.09. The maximum Gasteiger partial charge on any atom is 0.252 e. The van der Waals surface area contributed by atoms with Crippen molar-refractivity contribution in [3.63, 3.8) is 0 Å². The highest BCUT2D eigenvalue weighted by Gasteiger charge is 2.20. The number of nitrogens with zero attached hydrogens (tertiary/aromatic N) is 2. The lowest BCUT2D eigenvalue weighted by molar-refractivity contribution is 0.387. The molecular formula is C9H15N3O. The van der Waals surface area contributed by atoms with Crippen LogP contribution >= 0.6 is 0 Å². The highest BCUT2D eigenvalue weighted by atomic mass is 16.5. The van der Waals surface area contributed by atoms with Crippen LogP contribution in [0.2, 0.25) is 0 Å². The van der Waals surface area contributed by atoms with Crippen LogP contribution in [0.25, 0.3) is 6.08 Å². The third-order valence-electron chi connectivity index (χ3n) is 1.46. The molecule has 0 spiro atoms. The van der Waals surface area contributed by atoms with Crippen LogP contribution in [0, 0.1) is 0 Å².